The molecule has 0 spiro atoms. The predicted octanol–water partition coefficient (Wildman–Crippen LogP) is 1.22. The summed E-state index contributed by atoms with van der Waals surface area (Å²) in [5, 5.41) is 11.4. The van der Waals surface area contributed by atoms with Gasteiger partial charge < -0.3 is 19.7 Å². The topological polar surface area (TPSA) is 97.6 Å². The van der Waals surface area contributed by atoms with Gasteiger partial charge in [-0.15, -0.1) is 0 Å². The van der Waals surface area contributed by atoms with Crippen LogP contribution in [0.3, 0.4) is 0 Å². The summed E-state index contributed by atoms with van der Waals surface area (Å²) in [6.45, 7) is 5.25. The number of pyridine rings is 1. The zero-order chi connectivity index (χ0) is 16.0. The Hall–Kier alpha value is -2.31. The highest BCUT2D eigenvalue weighted by atomic mass is 16.6. The van der Waals surface area contributed by atoms with Crippen molar-refractivity contribution in [3.63, 3.8) is 0 Å². The molecule has 1 unspecified atom stereocenters. The molecule has 0 saturated heterocycles. The van der Waals surface area contributed by atoms with Crippen LogP contribution in [0.1, 0.15) is 27.2 Å². The van der Waals surface area contributed by atoms with Gasteiger partial charge in [0.05, 0.1) is 0 Å². The number of alkyl carbamates (subject to hydrolysis) is 1. The number of aromatic nitrogens is 1. The fraction of sp³-hybridized carbons (Fsp3) is 0.500. The fourth-order valence-corrected chi connectivity index (χ4v) is 1.62. The van der Waals surface area contributed by atoms with E-state index in [9.17, 15) is 14.4 Å². The molecule has 0 fully saturated rings. The lowest BCUT2D eigenvalue weighted by atomic mass is 10.2. The summed E-state index contributed by atoms with van der Waals surface area (Å²) >= 11 is 0. The molecule has 1 atom stereocenters. The van der Waals surface area contributed by atoms with Crippen LogP contribution < -0.4 is 10.9 Å². The Morgan fingerprint density at radius 3 is 2.57 bits per heavy atom. The van der Waals surface area contributed by atoms with Crippen LogP contribution in [-0.2, 0) is 16.1 Å². The number of ether oxygens (including phenoxy) is 1. The fourth-order valence-electron chi connectivity index (χ4n) is 1.62. The number of nitrogens with zero attached hydrogens (tertiary/aromatic N) is 1. The molecule has 1 aromatic heterocycles. The van der Waals surface area contributed by atoms with Crippen molar-refractivity contribution in [2.45, 2.75) is 45.4 Å². The van der Waals surface area contributed by atoms with E-state index >= 15 is 0 Å². The van der Waals surface area contributed by atoms with E-state index in [2.05, 4.69) is 5.32 Å². The zero-order valence-electron chi connectivity index (χ0n) is 12.3. The number of aryl methyl sites for hydroxylation is 1. The zero-order valence-corrected chi connectivity index (χ0v) is 12.3. The van der Waals surface area contributed by atoms with Crippen LogP contribution in [0.2, 0.25) is 0 Å². The summed E-state index contributed by atoms with van der Waals surface area (Å²) in [6.07, 6.45) is 0.850. The van der Waals surface area contributed by atoms with Crippen LogP contribution in [0, 0.1) is 0 Å². The van der Waals surface area contributed by atoms with Crippen LogP contribution in [0.15, 0.2) is 29.2 Å². The maximum absolute atomic E-state index is 11.6. The summed E-state index contributed by atoms with van der Waals surface area (Å²) in [5.41, 5.74) is -0.928. The molecule has 7 heteroatoms. The lowest BCUT2D eigenvalue weighted by molar-refractivity contribution is -0.139. The molecule has 1 aromatic rings. The highest BCUT2D eigenvalue weighted by molar-refractivity contribution is 5.79. The van der Waals surface area contributed by atoms with Gasteiger partial charge in [0, 0.05) is 18.8 Å². The molecule has 1 heterocycles. The van der Waals surface area contributed by atoms with Gasteiger partial charge in [0.25, 0.3) is 0 Å². The van der Waals surface area contributed by atoms with E-state index in [1.165, 1.54) is 10.6 Å². The molecule has 0 saturated carbocycles. The summed E-state index contributed by atoms with van der Waals surface area (Å²) in [7, 11) is 0. The van der Waals surface area contributed by atoms with Gasteiger partial charge in [0.2, 0.25) is 5.56 Å². The summed E-state index contributed by atoms with van der Waals surface area (Å²) in [4.78, 5) is 34.3. The molecule has 1 rings (SSSR count). The Balaban J connectivity index is 2.63. The van der Waals surface area contributed by atoms with Crippen molar-refractivity contribution in [1.29, 1.82) is 0 Å². The number of amides is 1. The first-order valence-electron chi connectivity index (χ1n) is 6.57. The number of hydrogen-bond acceptors (Lipinski definition) is 4. The van der Waals surface area contributed by atoms with Crippen LogP contribution in [0.4, 0.5) is 4.79 Å². The largest absolute Gasteiger partial charge is 0.480 e. The van der Waals surface area contributed by atoms with Gasteiger partial charge in [-0.05, 0) is 33.3 Å². The van der Waals surface area contributed by atoms with Gasteiger partial charge in [-0.2, -0.15) is 0 Å². The van der Waals surface area contributed by atoms with E-state index in [1.54, 1.807) is 39.1 Å². The quantitative estimate of drug-likeness (QED) is 0.851. The Morgan fingerprint density at radius 2 is 2.05 bits per heavy atom. The second-order valence-corrected chi connectivity index (χ2v) is 5.56. The van der Waals surface area contributed by atoms with Crippen molar-refractivity contribution >= 4 is 12.1 Å². The molecule has 0 bridgehead atoms. The number of carboxylic acids is 1. The Labute approximate surface area is 122 Å². The number of rotatable bonds is 5. The third-order valence-corrected chi connectivity index (χ3v) is 2.55. The second-order valence-electron chi connectivity index (χ2n) is 5.56. The summed E-state index contributed by atoms with van der Waals surface area (Å²) in [6, 6.07) is 3.55. The van der Waals surface area contributed by atoms with Crippen molar-refractivity contribution in [1.82, 2.24) is 9.88 Å². The number of carboxylic acid groups (broad SMARTS) is 1. The first kappa shape index (κ1) is 16.7. The number of aliphatic carboxylic acids is 1. The third-order valence-electron chi connectivity index (χ3n) is 2.55. The summed E-state index contributed by atoms with van der Waals surface area (Å²) < 4.78 is 6.39. The number of hydrogen-bond donors (Lipinski definition) is 2. The van der Waals surface area contributed by atoms with Crippen LogP contribution in [-0.4, -0.2) is 33.4 Å². The highest BCUT2D eigenvalue weighted by Crippen LogP contribution is 2.07. The Bertz CT molecular complexity index is 559. The Morgan fingerprint density at radius 1 is 1.38 bits per heavy atom. The number of carbonyl (C=O) groups is 2. The van der Waals surface area contributed by atoms with Crippen molar-refractivity contribution in [2.75, 3.05) is 0 Å². The van der Waals surface area contributed by atoms with E-state index in [1.807, 2.05) is 0 Å². The first-order valence-corrected chi connectivity index (χ1v) is 6.57. The van der Waals surface area contributed by atoms with Gasteiger partial charge in [-0.25, -0.2) is 9.59 Å². The van der Waals surface area contributed by atoms with Gasteiger partial charge in [0.15, 0.2) is 0 Å². The minimum atomic E-state index is -1.18. The predicted molar refractivity (Wildman–Crippen MR) is 76.1 cm³/mol. The number of nitrogens with one attached hydrogen (secondary N) is 1. The van der Waals surface area contributed by atoms with E-state index in [0.29, 0.717) is 0 Å². The minimum absolute atomic E-state index is 0.0818. The maximum atomic E-state index is 11.6. The molecule has 0 aliphatic carbocycles. The summed E-state index contributed by atoms with van der Waals surface area (Å²) in [5.74, 6) is -1.18. The van der Waals surface area contributed by atoms with Crippen LogP contribution in [0.25, 0.3) is 0 Å². The van der Waals surface area contributed by atoms with Gasteiger partial charge >= 0.3 is 12.1 Å². The van der Waals surface area contributed by atoms with Gasteiger partial charge in [0.1, 0.15) is 11.6 Å². The van der Waals surface area contributed by atoms with Crippen LogP contribution >= 0.6 is 0 Å². The van der Waals surface area contributed by atoms with Gasteiger partial charge in [-0.3, -0.25) is 4.79 Å². The van der Waals surface area contributed by atoms with Crippen molar-refractivity contribution in [2.24, 2.45) is 0 Å². The van der Waals surface area contributed by atoms with Crippen LogP contribution in [0.5, 0.6) is 0 Å². The van der Waals surface area contributed by atoms with E-state index < -0.39 is 23.7 Å². The Kier molecular flexibility index (Phi) is 5.52. The lowest BCUT2D eigenvalue weighted by Gasteiger charge is -2.22. The minimum Gasteiger partial charge on any atom is -0.480 e. The molecule has 1 amide bonds. The van der Waals surface area contributed by atoms with Crippen molar-refractivity contribution < 1.29 is 19.4 Å². The third kappa shape index (κ3) is 6.11. The highest BCUT2D eigenvalue weighted by Gasteiger charge is 2.23. The number of carbonyl (C=O) groups excluding carboxylic acids is 1. The van der Waals surface area contributed by atoms with Gasteiger partial charge in [-0.1, -0.05) is 6.07 Å². The lowest BCUT2D eigenvalue weighted by Crippen LogP contribution is -2.44. The molecule has 116 valence electrons. The molecular formula is C14H20N2O5. The molecule has 0 radical (unpaired) electrons. The molecule has 2 N–H and O–H groups in total. The van der Waals surface area contributed by atoms with E-state index in [4.69, 9.17) is 9.84 Å². The van der Waals surface area contributed by atoms with Crippen molar-refractivity contribution in [3.8, 4) is 0 Å². The monoisotopic (exact) mass is 296 g/mol. The standard InChI is InChI=1S/C14H20N2O5/c1-14(2,3)21-13(20)15-10(12(18)19)7-9-16-8-5-4-6-11(16)17/h4-6,8,10H,7,9H2,1-3H3,(H,15,20)(H,18,19). The molecule has 21 heavy (non-hydrogen) atoms. The molecule has 0 aliphatic rings. The molecule has 0 aromatic carbocycles. The van der Waals surface area contributed by atoms with E-state index in [0.717, 1.165) is 0 Å². The average Bonchev–Trinajstić information content (AvgIpc) is 2.33. The maximum Gasteiger partial charge on any atom is 0.408 e. The SMILES string of the molecule is CC(C)(C)OC(=O)NC(CCn1ccccc1=O)C(=O)O. The molecule has 0 aliphatic heterocycles. The second kappa shape index (κ2) is 6.92. The molecule has 7 nitrogen and oxygen atoms in total. The normalized spacial score (nSPS) is 12.5. The smallest absolute Gasteiger partial charge is 0.408 e. The molecular weight excluding hydrogens is 276 g/mol. The first-order chi connectivity index (χ1) is 9.69. The van der Waals surface area contributed by atoms with E-state index in [-0.39, 0.29) is 18.5 Å². The average molecular weight is 296 g/mol. The van der Waals surface area contributed by atoms with Crippen molar-refractivity contribution in [3.05, 3.63) is 34.7 Å².